The molecule has 1 unspecified atom stereocenters. The predicted molar refractivity (Wildman–Crippen MR) is 111 cm³/mol. The Morgan fingerprint density at radius 2 is 2.00 bits per heavy atom. The second kappa shape index (κ2) is 9.91. The second-order valence-corrected chi connectivity index (χ2v) is 7.00. The number of aliphatic carboxylic acids is 1. The zero-order valence-corrected chi connectivity index (χ0v) is 16.4. The first-order valence-corrected chi connectivity index (χ1v) is 9.64. The number of thioether (sulfide) groups is 1. The van der Waals surface area contributed by atoms with Crippen molar-refractivity contribution in [2.24, 2.45) is 10.2 Å². The number of amides is 1. The molecule has 8 heteroatoms. The largest absolute Gasteiger partial charge is 0.481 e. The lowest BCUT2D eigenvalue weighted by molar-refractivity contribution is -0.139. The highest BCUT2D eigenvalue weighted by Crippen LogP contribution is 2.29. The van der Waals surface area contributed by atoms with E-state index >= 15 is 0 Å². The van der Waals surface area contributed by atoms with Gasteiger partial charge in [0.15, 0.2) is 5.17 Å². The molecule has 1 aliphatic rings. The second-order valence-electron chi connectivity index (χ2n) is 5.83. The molecule has 1 atom stereocenters. The van der Waals surface area contributed by atoms with Crippen molar-refractivity contribution in [1.82, 2.24) is 4.90 Å². The van der Waals surface area contributed by atoms with Crippen LogP contribution < -0.4 is 4.90 Å². The lowest BCUT2D eigenvalue weighted by Crippen LogP contribution is -2.32. The Morgan fingerprint density at radius 1 is 1.33 bits per heavy atom. The number of carboxylic acids is 1. The van der Waals surface area contributed by atoms with Crippen LogP contribution in [0.3, 0.4) is 0 Å². The van der Waals surface area contributed by atoms with Crippen molar-refractivity contribution in [1.29, 1.82) is 0 Å². The molecule has 0 bridgehead atoms. The number of carbonyl (C=O) groups is 2. The molecule has 1 fully saturated rings. The molecule has 1 aromatic rings. The Balaban J connectivity index is 2.11. The summed E-state index contributed by atoms with van der Waals surface area (Å²) in [7, 11) is 0. The molecule has 0 aromatic heterocycles. The SMILES string of the molecule is C=CCN1C(=O)C(CC(=O)O)S/C1=N/N=C/c1ccc(N(CC)CC)cc1. The summed E-state index contributed by atoms with van der Waals surface area (Å²) < 4.78 is 0. The Kier molecular flexibility index (Phi) is 7.60. The summed E-state index contributed by atoms with van der Waals surface area (Å²) in [5.74, 6) is -1.29. The fraction of sp³-hybridized carbons (Fsp3) is 0.368. The Hall–Kier alpha value is -2.61. The summed E-state index contributed by atoms with van der Waals surface area (Å²) in [5, 5.41) is 16.8. The number of carboxylic acid groups (broad SMARTS) is 1. The fourth-order valence-electron chi connectivity index (χ4n) is 2.68. The first-order valence-electron chi connectivity index (χ1n) is 8.76. The number of amidine groups is 1. The molecule has 1 heterocycles. The summed E-state index contributed by atoms with van der Waals surface area (Å²) in [4.78, 5) is 26.9. The van der Waals surface area contributed by atoms with Crippen LogP contribution in [0.1, 0.15) is 25.8 Å². The number of hydrogen-bond acceptors (Lipinski definition) is 6. The third kappa shape index (κ3) is 5.43. The number of carbonyl (C=O) groups excluding carboxylic acids is 1. The van der Waals surface area contributed by atoms with E-state index in [9.17, 15) is 9.59 Å². The molecule has 1 aliphatic heterocycles. The van der Waals surface area contributed by atoms with Gasteiger partial charge in [0.25, 0.3) is 0 Å². The number of nitrogens with zero attached hydrogens (tertiary/aromatic N) is 4. The maximum atomic E-state index is 12.3. The first-order chi connectivity index (χ1) is 13.0. The lowest BCUT2D eigenvalue weighted by Gasteiger charge is -2.20. The van der Waals surface area contributed by atoms with Crippen molar-refractivity contribution in [2.75, 3.05) is 24.5 Å². The number of hydrogen-bond donors (Lipinski definition) is 1. The number of rotatable bonds is 9. The van der Waals surface area contributed by atoms with Gasteiger partial charge in [0, 0.05) is 25.3 Å². The molecular formula is C19H24N4O3S. The van der Waals surface area contributed by atoms with Crippen molar-refractivity contribution in [3.05, 3.63) is 42.5 Å². The molecule has 0 radical (unpaired) electrons. The summed E-state index contributed by atoms with van der Waals surface area (Å²) >= 11 is 1.12. The van der Waals surface area contributed by atoms with Crippen LogP contribution >= 0.6 is 11.8 Å². The zero-order chi connectivity index (χ0) is 19.8. The van der Waals surface area contributed by atoms with E-state index in [1.54, 1.807) is 12.3 Å². The van der Waals surface area contributed by atoms with Gasteiger partial charge < -0.3 is 10.0 Å². The first kappa shape index (κ1) is 20.7. The molecule has 2 rings (SSSR count). The minimum absolute atomic E-state index is 0.243. The molecule has 27 heavy (non-hydrogen) atoms. The van der Waals surface area contributed by atoms with Gasteiger partial charge in [-0.25, -0.2) is 0 Å². The normalized spacial score (nSPS) is 18.4. The van der Waals surface area contributed by atoms with Gasteiger partial charge >= 0.3 is 5.97 Å². The zero-order valence-electron chi connectivity index (χ0n) is 15.5. The van der Waals surface area contributed by atoms with Crippen LogP contribution in [-0.2, 0) is 9.59 Å². The van der Waals surface area contributed by atoms with Gasteiger partial charge in [-0.2, -0.15) is 5.10 Å². The Bertz CT molecular complexity index is 742. The standard InChI is InChI=1S/C19H24N4O3S/c1-4-11-23-18(26)16(12-17(24)25)27-19(23)21-20-13-14-7-9-15(10-8-14)22(5-2)6-3/h4,7-10,13,16H,1,5-6,11-12H2,2-3H3,(H,24,25)/b20-13+,21-19+. The predicted octanol–water partition coefficient (Wildman–Crippen LogP) is 2.83. The highest BCUT2D eigenvalue weighted by atomic mass is 32.2. The summed E-state index contributed by atoms with van der Waals surface area (Å²) in [5.41, 5.74) is 2.04. The Morgan fingerprint density at radius 3 is 2.56 bits per heavy atom. The van der Waals surface area contributed by atoms with Gasteiger partial charge in [-0.1, -0.05) is 30.0 Å². The molecule has 1 saturated heterocycles. The van der Waals surface area contributed by atoms with Gasteiger partial charge in [-0.05, 0) is 31.5 Å². The van der Waals surface area contributed by atoms with Crippen LogP contribution in [-0.4, -0.2) is 58.1 Å². The average Bonchev–Trinajstić information content (AvgIpc) is 2.93. The van der Waals surface area contributed by atoms with Crippen LogP contribution in [0, 0.1) is 0 Å². The highest BCUT2D eigenvalue weighted by molar-refractivity contribution is 8.15. The van der Waals surface area contributed by atoms with Crippen LogP contribution in [0.15, 0.2) is 47.1 Å². The quantitative estimate of drug-likeness (QED) is 0.399. The monoisotopic (exact) mass is 388 g/mol. The van der Waals surface area contributed by atoms with Crippen LogP contribution in [0.5, 0.6) is 0 Å². The maximum Gasteiger partial charge on any atom is 0.305 e. The fourth-order valence-corrected chi connectivity index (χ4v) is 3.77. The molecule has 144 valence electrons. The van der Waals surface area contributed by atoms with Crippen molar-refractivity contribution >= 4 is 40.7 Å². The van der Waals surface area contributed by atoms with E-state index in [0.717, 1.165) is 36.1 Å². The summed E-state index contributed by atoms with van der Waals surface area (Å²) in [6.45, 7) is 10.0. The van der Waals surface area contributed by atoms with E-state index in [1.165, 1.54) is 4.90 Å². The molecule has 1 aromatic carbocycles. The van der Waals surface area contributed by atoms with Gasteiger partial charge in [0.2, 0.25) is 5.91 Å². The molecule has 1 amide bonds. The van der Waals surface area contributed by atoms with Gasteiger partial charge in [0.1, 0.15) is 5.25 Å². The van der Waals surface area contributed by atoms with Crippen molar-refractivity contribution in [3.8, 4) is 0 Å². The third-order valence-electron chi connectivity index (χ3n) is 4.06. The lowest BCUT2D eigenvalue weighted by atomic mass is 10.2. The van der Waals surface area contributed by atoms with E-state index in [1.807, 2.05) is 24.3 Å². The smallest absolute Gasteiger partial charge is 0.305 e. The molecule has 0 spiro atoms. The maximum absolute atomic E-state index is 12.3. The number of anilines is 1. The van der Waals surface area contributed by atoms with E-state index in [0.29, 0.717) is 5.17 Å². The minimum Gasteiger partial charge on any atom is -0.481 e. The van der Waals surface area contributed by atoms with Crippen LogP contribution in [0.25, 0.3) is 0 Å². The van der Waals surface area contributed by atoms with Crippen molar-refractivity contribution < 1.29 is 14.7 Å². The van der Waals surface area contributed by atoms with E-state index in [-0.39, 0.29) is 18.9 Å². The van der Waals surface area contributed by atoms with Gasteiger partial charge in [-0.3, -0.25) is 14.5 Å². The van der Waals surface area contributed by atoms with E-state index in [2.05, 4.69) is 35.5 Å². The summed E-state index contributed by atoms with van der Waals surface area (Å²) in [6.07, 6.45) is 2.94. The van der Waals surface area contributed by atoms with Gasteiger partial charge in [-0.15, -0.1) is 11.7 Å². The molecule has 7 nitrogen and oxygen atoms in total. The third-order valence-corrected chi connectivity index (χ3v) is 5.23. The molecular weight excluding hydrogens is 364 g/mol. The molecule has 0 aliphatic carbocycles. The topological polar surface area (TPSA) is 85.6 Å². The highest BCUT2D eigenvalue weighted by Gasteiger charge is 2.38. The van der Waals surface area contributed by atoms with Crippen molar-refractivity contribution in [2.45, 2.75) is 25.5 Å². The molecule has 1 N–H and O–H groups in total. The van der Waals surface area contributed by atoms with Gasteiger partial charge in [0.05, 0.1) is 12.6 Å². The van der Waals surface area contributed by atoms with E-state index in [4.69, 9.17) is 5.11 Å². The van der Waals surface area contributed by atoms with Crippen LogP contribution in [0.4, 0.5) is 5.69 Å². The average molecular weight is 388 g/mol. The van der Waals surface area contributed by atoms with E-state index < -0.39 is 11.2 Å². The number of benzene rings is 1. The minimum atomic E-state index is -1.02. The Labute approximate surface area is 163 Å². The summed E-state index contributed by atoms with van der Waals surface area (Å²) in [6, 6.07) is 7.97. The van der Waals surface area contributed by atoms with Crippen molar-refractivity contribution in [3.63, 3.8) is 0 Å². The van der Waals surface area contributed by atoms with Crippen LogP contribution in [0.2, 0.25) is 0 Å². The molecule has 0 saturated carbocycles.